The molecule has 0 fully saturated rings. The maximum atomic E-state index is 9.48. The Morgan fingerprint density at radius 3 is 2.32 bits per heavy atom. The Labute approximate surface area is 133 Å². The zero-order chi connectivity index (χ0) is 14.9. The fourth-order valence-electron chi connectivity index (χ4n) is 2.99. The van der Waals surface area contributed by atoms with E-state index < -0.39 is 0 Å². The highest BCUT2D eigenvalue weighted by atomic mass is 32.1. The first-order valence-corrected chi connectivity index (χ1v) is 8.24. The van der Waals surface area contributed by atoms with Gasteiger partial charge in [-0.25, -0.2) is 0 Å². The second kappa shape index (κ2) is 5.56. The number of benzene rings is 3. The summed E-state index contributed by atoms with van der Waals surface area (Å²) >= 11 is 1.84. The van der Waals surface area contributed by atoms with Crippen LogP contribution < -0.4 is 0 Å². The summed E-state index contributed by atoms with van der Waals surface area (Å²) in [4.78, 5) is 0. The molecule has 0 spiro atoms. The van der Waals surface area contributed by atoms with Crippen LogP contribution in [-0.2, 0) is 13.0 Å². The van der Waals surface area contributed by atoms with E-state index in [-0.39, 0.29) is 6.61 Å². The van der Waals surface area contributed by atoms with E-state index >= 15 is 0 Å². The number of thiophene rings is 1. The van der Waals surface area contributed by atoms with Crippen LogP contribution in [0.25, 0.3) is 20.2 Å². The van der Waals surface area contributed by atoms with E-state index in [0.29, 0.717) is 0 Å². The van der Waals surface area contributed by atoms with Crippen molar-refractivity contribution >= 4 is 31.5 Å². The van der Waals surface area contributed by atoms with Gasteiger partial charge in [0.05, 0.1) is 6.61 Å². The smallest absolute Gasteiger partial charge is 0.0684 e. The quantitative estimate of drug-likeness (QED) is 0.556. The molecule has 0 unspecified atom stereocenters. The molecule has 1 N–H and O–H groups in total. The lowest BCUT2D eigenvalue weighted by Crippen LogP contribution is -1.95. The Kier molecular flexibility index (Phi) is 3.41. The van der Waals surface area contributed by atoms with Crippen LogP contribution in [0.15, 0.2) is 66.7 Å². The van der Waals surface area contributed by atoms with Crippen molar-refractivity contribution in [3.8, 4) is 0 Å². The fourth-order valence-corrected chi connectivity index (χ4v) is 4.07. The molecule has 4 aromatic rings. The van der Waals surface area contributed by atoms with Crippen LogP contribution in [0.2, 0.25) is 0 Å². The lowest BCUT2D eigenvalue weighted by atomic mass is 9.99. The highest BCUT2D eigenvalue weighted by Gasteiger charge is 2.07. The molecule has 1 nitrogen and oxygen atoms in total. The average molecular weight is 304 g/mol. The minimum absolute atomic E-state index is 0.0970. The van der Waals surface area contributed by atoms with E-state index in [9.17, 15) is 5.11 Å². The second-order valence-corrected chi connectivity index (χ2v) is 6.62. The van der Waals surface area contributed by atoms with E-state index in [1.54, 1.807) is 0 Å². The summed E-state index contributed by atoms with van der Waals surface area (Å²) in [5, 5.41) is 12.1. The van der Waals surface area contributed by atoms with Gasteiger partial charge in [0.2, 0.25) is 0 Å². The molecule has 0 atom stereocenters. The van der Waals surface area contributed by atoms with Gasteiger partial charge < -0.3 is 5.11 Å². The lowest BCUT2D eigenvalue weighted by Gasteiger charge is -2.07. The topological polar surface area (TPSA) is 20.2 Å². The first kappa shape index (κ1) is 13.5. The molecule has 0 aliphatic heterocycles. The van der Waals surface area contributed by atoms with Gasteiger partial charge in [-0.3, -0.25) is 0 Å². The van der Waals surface area contributed by atoms with Crippen molar-refractivity contribution in [2.24, 2.45) is 0 Å². The van der Waals surface area contributed by atoms with Crippen molar-refractivity contribution in [1.82, 2.24) is 0 Å². The maximum absolute atomic E-state index is 9.48. The van der Waals surface area contributed by atoms with Crippen LogP contribution in [0.3, 0.4) is 0 Å². The summed E-state index contributed by atoms with van der Waals surface area (Å²) < 4.78 is 2.67. The van der Waals surface area contributed by atoms with E-state index in [1.165, 1.54) is 31.3 Å². The third kappa shape index (κ3) is 2.31. The molecule has 0 aliphatic carbocycles. The molecular formula is C20H16OS. The predicted molar refractivity (Wildman–Crippen MR) is 94.5 cm³/mol. The van der Waals surface area contributed by atoms with Gasteiger partial charge in [-0.2, -0.15) is 0 Å². The zero-order valence-electron chi connectivity index (χ0n) is 12.1. The zero-order valence-corrected chi connectivity index (χ0v) is 12.9. The van der Waals surface area contributed by atoms with Gasteiger partial charge in [0.25, 0.3) is 0 Å². The summed E-state index contributed by atoms with van der Waals surface area (Å²) in [5.41, 5.74) is 3.50. The largest absolute Gasteiger partial charge is 0.392 e. The van der Waals surface area contributed by atoms with E-state index in [2.05, 4.69) is 48.5 Å². The SMILES string of the molecule is OCc1ccccc1Cc1ccc2sc3ccccc3c2c1. The third-order valence-corrected chi connectivity index (χ3v) is 5.28. The van der Waals surface area contributed by atoms with Crippen molar-refractivity contribution in [2.45, 2.75) is 13.0 Å². The Balaban J connectivity index is 1.80. The summed E-state index contributed by atoms with van der Waals surface area (Å²) in [6, 6.07) is 23.4. The van der Waals surface area contributed by atoms with Gasteiger partial charge in [0.1, 0.15) is 0 Å². The molecule has 0 aliphatic rings. The molecule has 0 bridgehead atoms. The van der Waals surface area contributed by atoms with Gasteiger partial charge in [-0.15, -0.1) is 11.3 Å². The van der Waals surface area contributed by atoms with Crippen LogP contribution in [0, 0.1) is 0 Å². The number of aliphatic hydroxyl groups excluding tert-OH is 1. The summed E-state index contributed by atoms with van der Waals surface area (Å²) in [5.74, 6) is 0. The highest BCUT2D eigenvalue weighted by Crippen LogP contribution is 2.34. The molecular weight excluding hydrogens is 288 g/mol. The molecule has 0 saturated carbocycles. The minimum Gasteiger partial charge on any atom is -0.392 e. The predicted octanol–water partition coefficient (Wildman–Crippen LogP) is 5.14. The second-order valence-electron chi connectivity index (χ2n) is 5.53. The molecule has 1 aromatic heterocycles. The fraction of sp³-hybridized carbons (Fsp3) is 0.100. The van der Waals surface area contributed by atoms with Crippen LogP contribution in [0.4, 0.5) is 0 Å². The molecule has 0 amide bonds. The first-order valence-electron chi connectivity index (χ1n) is 7.43. The highest BCUT2D eigenvalue weighted by molar-refractivity contribution is 7.25. The Hall–Kier alpha value is -2.16. The molecule has 2 heteroatoms. The first-order chi connectivity index (χ1) is 10.8. The molecule has 22 heavy (non-hydrogen) atoms. The van der Waals surface area contributed by atoms with Gasteiger partial charge in [0.15, 0.2) is 0 Å². The van der Waals surface area contributed by atoms with Crippen LogP contribution in [0.1, 0.15) is 16.7 Å². The van der Waals surface area contributed by atoms with E-state index in [4.69, 9.17) is 0 Å². The standard InChI is InChI=1S/C20H16OS/c21-13-16-6-2-1-5-15(16)11-14-9-10-20-18(12-14)17-7-3-4-8-19(17)22-20/h1-10,12,21H,11,13H2. The minimum atomic E-state index is 0.0970. The summed E-state index contributed by atoms with van der Waals surface area (Å²) in [6.07, 6.45) is 0.858. The van der Waals surface area contributed by atoms with Gasteiger partial charge >= 0.3 is 0 Å². The van der Waals surface area contributed by atoms with Crippen LogP contribution in [0.5, 0.6) is 0 Å². The van der Waals surface area contributed by atoms with E-state index in [1.807, 2.05) is 29.5 Å². The van der Waals surface area contributed by atoms with E-state index in [0.717, 1.165) is 12.0 Å². The van der Waals surface area contributed by atoms with Crippen molar-refractivity contribution in [3.05, 3.63) is 83.4 Å². The van der Waals surface area contributed by atoms with Crippen molar-refractivity contribution < 1.29 is 5.11 Å². The molecule has 3 aromatic carbocycles. The molecule has 108 valence electrons. The maximum Gasteiger partial charge on any atom is 0.0684 e. The monoisotopic (exact) mass is 304 g/mol. The number of aliphatic hydroxyl groups is 1. The lowest BCUT2D eigenvalue weighted by molar-refractivity contribution is 0.281. The molecule has 0 saturated heterocycles. The Morgan fingerprint density at radius 2 is 1.45 bits per heavy atom. The summed E-state index contributed by atoms with van der Waals surface area (Å²) in [6.45, 7) is 0.0970. The third-order valence-electron chi connectivity index (χ3n) is 4.12. The van der Waals surface area contributed by atoms with Crippen molar-refractivity contribution in [1.29, 1.82) is 0 Å². The van der Waals surface area contributed by atoms with Crippen molar-refractivity contribution in [3.63, 3.8) is 0 Å². The molecule has 1 heterocycles. The molecule has 0 radical (unpaired) electrons. The van der Waals surface area contributed by atoms with Gasteiger partial charge in [-0.1, -0.05) is 48.5 Å². The Bertz CT molecular complexity index is 952. The Morgan fingerprint density at radius 1 is 0.727 bits per heavy atom. The van der Waals surface area contributed by atoms with Gasteiger partial charge in [-0.05, 0) is 41.3 Å². The normalized spacial score (nSPS) is 11.3. The number of fused-ring (bicyclic) bond motifs is 3. The molecule has 4 rings (SSSR count). The number of hydrogen-bond donors (Lipinski definition) is 1. The van der Waals surface area contributed by atoms with Gasteiger partial charge in [0, 0.05) is 20.2 Å². The average Bonchev–Trinajstić information content (AvgIpc) is 2.93. The van der Waals surface area contributed by atoms with Crippen molar-refractivity contribution in [2.75, 3.05) is 0 Å². The van der Waals surface area contributed by atoms with Crippen LogP contribution >= 0.6 is 11.3 Å². The number of hydrogen-bond acceptors (Lipinski definition) is 2. The van der Waals surface area contributed by atoms with Crippen LogP contribution in [-0.4, -0.2) is 5.11 Å². The number of rotatable bonds is 3. The summed E-state index contributed by atoms with van der Waals surface area (Å²) in [7, 11) is 0.